The van der Waals surface area contributed by atoms with Crippen molar-refractivity contribution in [3.63, 3.8) is 0 Å². The molecule has 1 N–H and O–H groups in total. The Balaban J connectivity index is 1.92. The third kappa shape index (κ3) is 5.63. The monoisotopic (exact) mass is 485 g/mol. The van der Waals surface area contributed by atoms with Crippen molar-refractivity contribution in [1.29, 1.82) is 0 Å². The number of anilines is 1. The Morgan fingerprint density at radius 1 is 1.29 bits per heavy atom. The Morgan fingerprint density at radius 2 is 2.00 bits per heavy atom. The van der Waals surface area contributed by atoms with Gasteiger partial charge in [0.05, 0.1) is 5.56 Å². The van der Waals surface area contributed by atoms with Crippen LogP contribution in [0.5, 0.6) is 5.06 Å². The first-order valence-electron chi connectivity index (χ1n) is 9.60. The maximum absolute atomic E-state index is 11.6. The van der Waals surface area contributed by atoms with Crippen molar-refractivity contribution in [2.24, 2.45) is 5.16 Å². The fourth-order valence-electron chi connectivity index (χ4n) is 2.93. The third-order valence-corrected chi connectivity index (χ3v) is 5.95. The van der Waals surface area contributed by atoms with Crippen LogP contribution in [-0.2, 0) is 27.4 Å². The molecule has 0 aromatic carbocycles. The number of esters is 1. The lowest BCUT2D eigenvalue weighted by atomic mass is 10.1. The second-order valence-electron chi connectivity index (χ2n) is 6.52. The van der Waals surface area contributed by atoms with E-state index < -0.39 is 0 Å². The average molecular weight is 486 g/mol. The molecule has 166 valence electrons. The molecule has 12 heteroatoms. The van der Waals surface area contributed by atoms with E-state index in [1.54, 1.807) is 6.92 Å². The van der Waals surface area contributed by atoms with E-state index >= 15 is 0 Å². The maximum Gasteiger partial charge on any atom is 0.308 e. The van der Waals surface area contributed by atoms with Crippen molar-refractivity contribution in [2.45, 2.75) is 40.2 Å². The van der Waals surface area contributed by atoms with Crippen LogP contribution in [0.15, 0.2) is 11.2 Å². The van der Waals surface area contributed by atoms with Crippen molar-refractivity contribution in [3.05, 3.63) is 32.4 Å². The Bertz CT molecular complexity index is 1000. The number of ether oxygens (including phenoxy) is 1. The van der Waals surface area contributed by atoms with Gasteiger partial charge in [0.1, 0.15) is 16.9 Å². The summed E-state index contributed by atoms with van der Waals surface area (Å²) in [6.07, 6.45) is 0.983. The van der Waals surface area contributed by atoms with E-state index in [9.17, 15) is 9.59 Å². The Morgan fingerprint density at radius 3 is 2.61 bits per heavy atom. The molecule has 3 heterocycles. The van der Waals surface area contributed by atoms with Crippen LogP contribution in [0.1, 0.15) is 43.2 Å². The summed E-state index contributed by atoms with van der Waals surface area (Å²) < 4.78 is 5.21. The van der Waals surface area contributed by atoms with Gasteiger partial charge in [0.15, 0.2) is 10.9 Å². The quantitative estimate of drug-likeness (QED) is 0.217. The molecule has 0 atom stereocenters. The lowest BCUT2D eigenvalue weighted by Gasteiger charge is -2.29. The molecule has 31 heavy (non-hydrogen) atoms. The van der Waals surface area contributed by atoms with Gasteiger partial charge in [-0.1, -0.05) is 35.3 Å². The fourth-order valence-corrected chi connectivity index (χ4v) is 4.53. The van der Waals surface area contributed by atoms with Crippen molar-refractivity contribution in [3.8, 4) is 5.06 Å². The number of nitrogens with zero attached hydrogens (tertiary/aromatic N) is 4. The van der Waals surface area contributed by atoms with Crippen LogP contribution in [-0.4, -0.2) is 45.7 Å². The molecule has 2 aromatic heterocycles. The van der Waals surface area contributed by atoms with E-state index in [2.05, 4.69) is 20.4 Å². The molecule has 9 nitrogen and oxygen atoms in total. The predicted molar refractivity (Wildman–Crippen MR) is 119 cm³/mol. The lowest BCUT2D eigenvalue weighted by molar-refractivity contribution is -0.131. The molecule has 0 bridgehead atoms. The first-order valence-corrected chi connectivity index (χ1v) is 11.2. The normalized spacial score (nSPS) is 13.6. The summed E-state index contributed by atoms with van der Waals surface area (Å²) >= 11 is 14.3. The number of halogens is 2. The van der Waals surface area contributed by atoms with Crippen LogP contribution >= 0.6 is 34.5 Å². The number of rotatable bonds is 6. The number of oxime groups is 1. The van der Waals surface area contributed by atoms with Crippen LogP contribution < -0.4 is 10.1 Å². The zero-order valence-corrected chi connectivity index (χ0v) is 19.5. The van der Waals surface area contributed by atoms with Gasteiger partial charge < -0.3 is 14.5 Å². The largest absolute Gasteiger partial charge is 0.416 e. The minimum Gasteiger partial charge on any atom is -0.416 e. The fraction of sp³-hybridized carbons (Fsp3) is 0.421. The Hall–Kier alpha value is -2.43. The zero-order valence-electron chi connectivity index (χ0n) is 17.2. The van der Waals surface area contributed by atoms with Gasteiger partial charge in [0.25, 0.3) is 0 Å². The van der Waals surface area contributed by atoms with Gasteiger partial charge in [-0.2, -0.15) is 9.97 Å². The van der Waals surface area contributed by atoms with Crippen molar-refractivity contribution >= 4 is 58.2 Å². The van der Waals surface area contributed by atoms with Crippen LogP contribution in [0, 0.1) is 0 Å². The van der Waals surface area contributed by atoms with Gasteiger partial charge in [-0.25, -0.2) is 0 Å². The SMILES string of the molecule is CCO/N=C(\c1c(Cl)nc(NC(=O)CC)nc1Cl)N1CCc2sc(OC(C)=O)cc2C1. The maximum atomic E-state index is 11.6. The van der Waals surface area contributed by atoms with E-state index in [0.717, 1.165) is 10.4 Å². The highest BCUT2D eigenvalue weighted by molar-refractivity contribution is 7.14. The first-order chi connectivity index (χ1) is 14.8. The summed E-state index contributed by atoms with van der Waals surface area (Å²) in [6.45, 7) is 6.33. The van der Waals surface area contributed by atoms with Crippen LogP contribution in [0.4, 0.5) is 5.95 Å². The topological polar surface area (TPSA) is 106 Å². The summed E-state index contributed by atoms with van der Waals surface area (Å²) in [7, 11) is 0. The summed E-state index contributed by atoms with van der Waals surface area (Å²) in [5, 5.41) is 7.40. The Kier molecular flexibility index (Phi) is 7.69. The van der Waals surface area contributed by atoms with E-state index in [1.807, 2.05) is 17.9 Å². The molecule has 1 aliphatic rings. The highest BCUT2D eigenvalue weighted by Crippen LogP contribution is 2.35. The molecular formula is C19H21Cl2N5O4S. The van der Waals surface area contributed by atoms with E-state index in [1.165, 1.54) is 18.3 Å². The molecule has 0 radical (unpaired) electrons. The van der Waals surface area contributed by atoms with Gasteiger partial charge in [-0.15, -0.1) is 11.3 Å². The number of amides is 1. The second kappa shape index (κ2) is 10.3. The molecule has 2 aromatic rings. The zero-order chi connectivity index (χ0) is 22.5. The Labute approximate surface area is 193 Å². The summed E-state index contributed by atoms with van der Waals surface area (Å²) in [5.74, 6) is -0.213. The van der Waals surface area contributed by atoms with Crippen LogP contribution in [0.2, 0.25) is 10.3 Å². The van der Waals surface area contributed by atoms with Gasteiger partial charge in [-0.3, -0.25) is 14.9 Å². The number of hydrogen-bond donors (Lipinski definition) is 1. The number of hydrogen-bond acceptors (Lipinski definition) is 8. The molecule has 0 saturated heterocycles. The number of nitrogens with one attached hydrogen (secondary N) is 1. The van der Waals surface area contributed by atoms with Crippen molar-refractivity contribution in [2.75, 3.05) is 18.5 Å². The molecule has 3 rings (SSSR count). The molecular weight excluding hydrogens is 465 g/mol. The number of carbonyl (C=O) groups excluding carboxylic acids is 2. The summed E-state index contributed by atoms with van der Waals surface area (Å²) in [4.78, 5) is 39.6. The molecule has 0 unspecified atom stereocenters. The average Bonchev–Trinajstić information content (AvgIpc) is 3.10. The van der Waals surface area contributed by atoms with Gasteiger partial charge >= 0.3 is 5.97 Å². The third-order valence-electron chi connectivity index (χ3n) is 4.28. The molecule has 0 saturated carbocycles. The van der Waals surface area contributed by atoms with Gasteiger partial charge in [0, 0.05) is 31.3 Å². The molecule has 0 spiro atoms. The summed E-state index contributed by atoms with van der Waals surface area (Å²) in [6, 6.07) is 1.84. The minimum absolute atomic E-state index is 0.0196. The summed E-state index contributed by atoms with van der Waals surface area (Å²) in [5.41, 5.74) is 1.32. The number of carbonyl (C=O) groups is 2. The van der Waals surface area contributed by atoms with E-state index in [4.69, 9.17) is 32.8 Å². The molecule has 0 aliphatic carbocycles. The van der Waals surface area contributed by atoms with Crippen molar-refractivity contribution < 1.29 is 19.2 Å². The van der Waals surface area contributed by atoms with Gasteiger partial charge in [0.2, 0.25) is 11.9 Å². The number of fused-ring (bicyclic) bond motifs is 1. The second-order valence-corrected chi connectivity index (χ2v) is 8.33. The lowest BCUT2D eigenvalue weighted by Crippen LogP contribution is -2.37. The van der Waals surface area contributed by atoms with Crippen LogP contribution in [0.3, 0.4) is 0 Å². The van der Waals surface area contributed by atoms with Gasteiger partial charge in [-0.05, 0) is 25.0 Å². The van der Waals surface area contributed by atoms with E-state index in [-0.39, 0.29) is 34.6 Å². The minimum atomic E-state index is -0.361. The highest BCUT2D eigenvalue weighted by atomic mass is 35.5. The smallest absolute Gasteiger partial charge is 0.308 e. The first kappa shape index (κ1) is 23.2. The standard InChI is InChI=1S/C19H21Cl2N5O4S/c1-4-13(28)22-19-23-16(20)15(17(21)24-19)18(25-29-5-2)26-7-6-12-11(9-26)8-14(31-12)30-10(3)27/h8H,4-7,9H2,1-3H3,(H,22,23,24,28)/b25-18+. The highest BCUT2D eigenvalue weighted by Gasteiger charge is 2.28. The number of thiophene rings is 1. The molecule has 0 fully saturated rings. The van der Waals surface area contributed by atoms with Crippen molar-refractivity contribution in [1.82, 2.24) is 14.9 Å². The predicted octanol–water partition coefficient (Wildman–Crippen LogP) is 3.88. The van der Waals surface area contributed by atoms with E-state index in [0.29, 0.717) is 42.6 Å². The molecule has 1 aliphatic heterocycles. The number of aromatic nitrogens is 2. The van der Waals surface area contributed by atoms with Crippen LogP contribution in [0.25, 0.3) is 0 Å². The molecule has 1 amide bonds. The number of amidine groups is 1.